The first-order chi connectivity index (χ1) is 10.1. The SMILES string of the molecule is N=C(N)c1ccc(COc2ccc3c(c2)B(O)OC3)cc1. The molecule has 0 atom stereocenters. The molecule has 1 heterocycles. The van der Waals surface area contributed by atoms with E-state index in [1.807, 2.05) is 24.3 Å². The Balaban J connectivity index is 1.68. The van der Waals surface area contributed by atoms with Crippen molar-refractivity contribution in [2.24, 2.45) is 5.73 Å². The second kappa shape index (κ2) is 5.59. The van der Waals surface area contributed by atoms with Crippen molar-refractivity contribution in [2.45, 2.75) is 13.2 Å². The van der Waals surface area contributed by atoms with Crippen LogP contribution in [0.5, 0.6) is 5.75 Å². The van der Waals surface area contributed by atoms with Gasteiger partial charge >= 0.3 is 7.12 Å². The Hall–Kier alpha value is -2.31. The summed E-state index contributed by atoms with van der Waals surface area (Å²) in [6, 6.07) is 12.9. The number of nitrogens with two attached hydrogens (primary N) is 1. The van der Waals surface area contributed by atoms with E-state index in [2.05, 4.69) is 0 Å². The highest BCUT2D eigenvalue weighted by Gasteiger charge is 2.27. The molecular weight excluding hydrogens is 267 g/mol. The molecular formula is C15H15BN2O3. The Morgan fingerprint density at radius 3 is 2.76 bits per heavy atom. The van der Waals surface area contributed by atoms with Gasteiger partial charge in [0, 0.05) is 5.56 Å². The molecule has 0 amide bonds. The Morgan fingerprint density at radius 2 is 2.05 bits per heavy atom. The summed E-state index contributed by atoms with van der Waals surface area (Å²) in [5.41, 5.74) is 8.84. The Labute approximate surface area is 123 Å². The lowest BCUT2D eigenvalue weighted by atomic mass is 9.79. The van der Waals surface area contributed by atoms with Crippen molar-refractivity contribution in [1.82, 2.24) is 0 Å². The van der Waals surface area contributed by atoms with E-state index in [4.69, 9.17) is 20.5 Å². The van der Waals surface area contributed by atoms with Crippen LogP contribution in [0.15, 0.2) is 42.5 Å². The zero-order valence-corrected chi connectivity index (χ0v) is 11.4. The first-order valence-electron chi connectivity index (χ1n) is 6.62. The van der Waals surface area contributed by atoms with Gasteiger partial charge in [-0.2, -0.15) is 0 Å². The fraction of sp³-hybridized carbons (Fsp3) is 0.133. The van der Waals surface area contributed by atoms with Gasteiger partial charge in [0.05, 0.1) is 6.61 Å². The molecule has 0 fully saturated rings. The monoisotopic (exact) mass is 282 g/mol. The minimum absolute atomic E-state index is 0.0510. The number of nitrogen functional groups attached to an aromatic ring is 1. The molecule has 106 valence electrons. The Kier molecular flexibility index (Phi) is 3.64. The summed E-state index contributed by atoms with van der Waals surface area (Å²) in [7, 11) is -0.863. The summed E-state index contributed by atoms with van der Waals surface area (Å²) in [5, 5.41) is 17.0. The third-order valence-corrected chi connectivity index (χ3v) is 3.45. The first-order valence-corrected chi connectivity index (χ1v) is 6.62. The fourth-order valence-electron chi connectivity index (χ4n) is 2.23. The molecule has 0 radical (unpaired) electrons. The zero-order valence-electron chi connectivity index (χ0n) is 11.4. The van der Waals surface area contributed by atoms with E-state index in [0.29, 0.717) is 24.5 Å². The van der Waals surface area contributed by atoms with Crippen molar-refractivity contribution in [1.29, 1.82) is 5.41 Å². The van der Waals surface area contributed by atoms with Gasteiger partial charge in [0.15, 0.2) is 0 Å². The largest absolute Gasteiger partial charge is 0.491 e. The van der Waals surface area contributed by atoms with Crippen LogP contribution in [-0.2, 0) is 17.9 Å². The minimum Gasteiger partial charge on any atom is -0.489 e. The van der Waals surface area contributed by atoms with E-state index in [1.165, 1.54) is 0 Å². The lowest BCUT2D eigenvalue weighted by Gasteiger charge is -2.08. The van der Waals surface area contributed by atoms with E-state index in [0.717, 1.165) is 16.6 Å². The van der Waals surface area contributed by atoms with Crippen molar-refractivity contribution >= 4 is 18.4 Å². The maximum Gasteiger partial charge on any atom is 0.491 e. The van der Waals surface area contributed by atoms with Crippen LogP contribution in [0.4, 0.5) is 0 Å². The van der Waals surface area contributed by atoms with Gasteiger partial charge in [-0.15, -0.1) is 0 Å². The second-order valence-electron chi connectivity index (χ2n) is 4.92. The van der Waals surface area contributed by atoms with Crippen LogP contribution in [-0.4, -0.2) is 18.0 Å². The minimum atomic E-state index is -0.863. The van der Waals surface area contributed by atoms with E-state index >= 15 is 0 Å². The molecule has 2 aromatic carbocycles. The molecule has 5 nitrogen and oxygen atoms in total. The molecule has 6 heteroatoms. The van der Waals surface area contributed by atoms with E-state index in [9.17, 15) is 5.02 Å². The highest BCUT2D eigenvalue weighted by molar-refractivity contribution is 6.61. The van der Waals surface area contributed by atoms with Gasteiger partial charge in [0.25, 0.3) is 0 Å². The molecule has 0 aliphatic carbocycles. The van der Waals surface area contributed by atoms with Crippen molar-refractivity contribution in [2.75, 3.05) is 0 Å². The number of amidine groups is 1. The lowest BCUT2D eigenvalue weighted by molar-refractivity contribution is 0.275. The summed E-state index contributed by atoms with van der Waals surface area (Å²) in [6.07, 6.45) is 0. The number of benzene rings is 2. The van der Waals surface area contributed by atoms with Crippen molar-refractivity contribution < 1.29 is 14.4 Å². The molecule has 0 unspecified atom stereocenters. The Bertz CT molecular complexity index is 673. The number of hydrogen-bond acceptors (Lipinski definition) is 4. The predicted molar refractivity (Wildman–Crippen MR) is 80.6 cm³/mol. The average molecular weight is 282 g/mol. The highest BCUT2D eigenvalue weighted by Crippen LogP contribution is 2.17. The van der Waals surface area contributed by atoms with Crippen molar-refractivity contribution in [3.05, 3.63) is 59.2 Å². The number of nitrogens with one attached hydrogen (secondary N) is 1. The summed E-state index contributed by atoms with van der Waals surface area (Å²) in [6.45, 7) is 0.844. The van der Waals surface area contributed by atoms with Crippen LogP contribution in [0.25, 0.3) is 0 Å². The van der Waals surface area contributed by atoms with Gasteiger partial charge in [-0.05, 0) is 28.7 Å². The van der Waals surface area contributed by atoms with E-state index in [-0.39, 0.29) is 5.84 Å². The molecule has 0 saturated carbocycles. The lowest BCUT2D eigenvalue weighted by Crippen LogP contribution is -2.27. The second-order valence-corrected chi connectivity index (χ2v) is 4.92. The van der Waals surface area contributed by atoms with Gasteiger partial charge in [-0.1, -0.05) is 30.3 Å². The highest BCUT2D eigenvalue weighted by atomic mass is 16.5. The average Bonchev–Trinajstić information content (AvgIpc) is 2.87. The van der Waals surface area contributed by atoms with Crippen molar-refractivity contribution in [3.8, 4) is 5.75 Å². The van der Waals surface area contributed by atoms with E-state index in [1.54, 1.807) is 18.2 Å². The van der Waals surface area contributed by atoms with Crippen LogP contribution in [0.2, 0.25) is 0 Å². The molecule has 21 heavy (non-hydrogen) atoms. The van der Waals surface area contributed by atoms with Crippen molar-refractivity contribution in [3.63, 3.8) is 0 Å². The van der Waals surface area contributed by atoms with Crippen LogP contribution < -0.4 is 15.9 Å². The molecule has 0 aromatic heterocycles. The fourth-order valence-corrected chi connectivity index (χ4v) is 2.23. The van der Waals surface area contributed by atoms with Crippen LogP contribution in [0, 0.1) is 5.41 Å². The van der Waals surface area contributed by atoms with Gasteiger partial charge in [-0.3, -0.25) is 5.41 Å². The van der Waals surface area contributed by atoms with Crippen LogP contribution in [0.3, 0.4) is 0 Å². The molecule has 0 bridgehead atoms. The molecule has 3 rings (SSSR count). The molecule has 0 saturated heterocycles. The molecule has 1 aliphatic rings. The van der Waals surface area contributed by atoms with Gasteiger partial charge in [0.1, 0.15) is 18.2 Å². The molecule has 2 aromatic rings. The molecule has 1 aliphatic heterocycles. The van der Waals surface area contributed by atoms with Crippen LogP contribution in [0.1, 0.15) is 16.7 Å². The summed E-state index contributed by atoms with van der Waals surface area (Å²) < 4.78 is 10.9. The first kappa shape index (κ1) is 13.7. The standard InChI is InChI=1S/C15H15BN2O3/c17-15(18)11-3-1-10(2-4-11)8-20-13-6-5-12-9-21-16(19)14(12)7-13/h1-7,19H,8-9H2,(H3,17,18). The van der Waals surface area contributed by atoms with Gasteiger partial charge in [0.2, 0.25) is 0 Å². The number of fused-ring (bicyclic) bond motifs is 1. The normalized spacial score (nSPS) is 13.1. The zero-order chi connectivity index (χ0) is 14.8. The molecule has 0 spiro atoms. The maximum atomic E-state index is 9.66. The summed E-state index contributed by atoms with van der Waals surface area (Å²) in [5.74, 6) is 0.740. The third kappa shape index (κ3) is 2.91. The topological polar surface area (TPSA) is 88.6 Å². The third-order valence-electron chi connectivity index (χ3n) is 3.45. The van der Waals surface area contributed by atoms with Gasteiger partial charge in [-0.25, -0.2) is 0 Å². The maximum absolute atomic E-state index is 9.66. The van der Waals surface area contributed by atoms with E-state index < -0.39 is 7.12 Å². The van der Waals surface area contributed by atoms with Gasteiger partial charge < -0.3 is 20.1 Å². The Morgan fingerprint density at radius 1 is 1.29 bits per heavy atom. The van der Waals surface area contributed by atoms with Crippen LogP contribution >= 0.6 is 0 Å². The quantitative estimate of drug-likeness (QED) is 0.439. The summed E-state index contributed by atoms with van der Waals surface area (Å²) >= 11 is 0. The number of rotatable bonds is 4. The smallest absolute Gasteiger partial charge is 0.489 e. The predicted octanol–water partition coefficient (Wildman–Crippen LogP) is 0.767. The number of hydrogen-bond donors (Lipinski definition) is 3. The summed E-state index contributed by atoms with van der Waals surface area (Å²) in [4.78, 5) is 0. The molecule has 4 N–H and O–H groups in total. The number of ether oxygens (including phenoxy) is 1.